The molecule has 1 N–H and O–H groups in total. The highest BCUT2D eigenvalue weighted by molar-refractivity contribution is 7.17. The number of carbonyl (C=O) groups excluding carboxylic acids is 1. The van der Waals surface area contributed by atoms with Crippen LogP contribution in [0.25, 0.3) is 10.2 Å². The molecule has 0 aliphatic rings. The van der Waals surface area contributed by atoms with Crippen LogP contribution in [0.3, 0.4) is 0 Å². The Kier molecular flexibility index (Phi) is 6.05. The summed E-state index contributed by atoms with van der Waals surface area (Å²) in [4.78, 5) is 38.9. The largest absolute Gasteiger partial charge is 0.332 e. The van der Waals surface area contributed by atoms with Gasteiger partial charge in [-0.05, 0) is 52.8 Å². The summed E-state index contributed by atoms with van der Waals surface area (Å²) in [6.45, 7) is 3.89. The first-order chi connectivity index (χ1) is 15.3. The van der Waals surface area contributed by atoms with Crippen molar-refractivity contribution in [3.63, 3.8) is 0 Å². The third kappa shape index (κ3) is 4.40. The van der Waals surface area contributed by atoms with E-state index in [2.05, 4.69) is 19.2 Å². The Balaban J connectivity index is 1.68. The van der Waals surface area contributed by atoms with Gasteiger partial charge in [0.15, 0.2) is 0 Å². The molecule has 1 amide bonds. The molecule has 0 atom stereocenters. The standard InChI is InChI=1S/C24H22FN3O3S/c1-15(2)17-4-3-5-19(12-17)26-21(29)14-27-20-10-11-32-22(20)23(30)28(24(27)31)13-16-6-8-18(25)9-7-16/h3-12,15H,13-14H2,1-2H3,(H,26,29). The zero-order valence-electron chi connectivity index (χ0n) is 17.7. The van der Waals surface area contributed by atoms with Crippen LogP contribution in [0, 0.1) is 5.82 Å². The van der Waals surface area contributed by atoms with E-state index in [0.29, 0.717) is 27.4 Å². The number of hydrogen-bond donors (Lipinski definition) is 1. The summed E-state index contributed by atoms with van der Waals surface area (Å²) in [6.07, 6.45) is 0. The van der Waals surface area contributed by atoms with Crippen molar-refractivity contribution in [1.29, 1.82) is 0 Å². The molecule has 0 saturated carbocycles. The van der Waals surface area contributed by atoms with E-state index in [9.17, 15) is 18.8 Å². The SMILES string of the molecule is CC(C)c1cccc(NC(=O)Cn2c(=O)n(Cc3ccc(F)cc3)c(=O)c3sccc32)c1. The average Bonchev–Trinajstić information content (AvgIpc) is 3.26. The average molecular weight is 452 g/mol. The second kappa shape index (κ2) is 8.92. The third-order valence-corrected chi connectivity index (χ3v) is 6.12. The molecule has 4 aromatic rings. The van der Waals surface area contributed by atoms with Crippen LogP contribution in [-0.2, 0) is 17.9 Å². The molecule has 2 aromatic heterocycles. The second-order valence-electron chi connectivity index (χ2n) is 7.85. The highest BCUT2D eigenvalue weighted by Gasteiger charge is 2.17. The summed E-state index contributed by atoms with van der Waals surface area (Å²) in [5.41, 5.74) is 1.76. The maximum Gasteiger partial charge on any atom is 0.332 e. The Hall–Kier alpha value is -3.52. The Morgan fingerprint density at radius 3 is 2.53 bits per heavy atom. The van der Waals surface area contributed by atoms with Gasteiger partial charge in [-0.2, -0.15) is 0 Å². The number of carbonyl (C=O) groups is 1. The minimum absolute atomic E-state index is 0.0101. The van der Waals surface area contributed by atoms with Gasteiger partial charge in [-0.1, -0.05) is 38.1 Å². The lowest BCUT2D eigenvalue weighted by Crippen LogP contribution is -2.41. The van der Waals surface area contributed by atoms with Crippen LogP contribution in [0.15, 0.2) is 69.6 Å². The first kappa shape index (κ1) is 21.7. The number of thiophene rings is 1. The maximum atomic E-state index is 13.2. The molecule has 32 heavy (non-hydrogen) atoms. The van der Waals surface area contributed by atoms with Crippen LogP contribution in [-0.4, -0.2) is 15.0 Å². The molecule has 0 aliphatic heterocycles. The van der Waals surface area contributed by atoms with Crippen molar-refractivity contribution in [3.8, 4) is 0 Å². The topological polar surface area (TPSA) is 73.1 Å². The smallest absolute Gasteiger partial charge is 0.325 e. The highest BCUT2D eigenvalue weighted by Crippen LogP contribution is 2.19. The molecule has 2 heterocycles. The van der Waals surface area contributed by atoms with Crippen LogP contribution >= 0.6 is 11.3 Å². The molecule has 4 rings (SSSR count). The van der Waals surface area contributed by atoms with Gasteiger partial charge in [-0.3, -0.25) is 18.7 Å². The second-order valence-corrected chi connectivity index (χ2v) is 8.77. The number of nitrogens with zero attached hydrogens (tertiary/aromatic N) is 2. The number of aromatic nitrogens is 2. The zero-order chi connectivity index (χ0) is 22.8. The predicted octanol–water partition coefficient (Wildman–Crippen LogP) is 4.17. The molecule has 0 fully saturated rings. The third-order valence-electron chi connectivity index (χ3n) is 5.23. The highest BCUT2D eigenvalue weighted by atomic mass is 32.1. The van der Waals surface area contributed by atoms with E-state index in [4.69, 9.17) is 0 Å². The van der Waals surface area contributed by atoms with Crippen molar-refractivity contribution < 1.29 is 9.18 Å². The van der Waals surface area contributed by atoms with E-state index in [1.54, 1.807) is 17.5 Å². The van der Waals surface area contributed by atoms with Gasteiger partial charge >= 0.3 is 5.69 Å². The fourth-order valence-corrected chi connectivity index (χ4v) is 4.36. The summed E-state index contributed by atoms with van der Waals surface area (Å²) in [6, 6.07) is 14.8. The van der Waals surface area contributed by atoms with E-state index in [1.807, 2.05) is 18.2 Å². The van der Waals surface area contributed by atoms with Gasteiger partial charge < -0.3 is 5.32 Å². The lowest BCUT2D eigenvalue weighted by atomic mass is 10.0. The van der Waals surface area contributed by atoms with Gasteiger partial charge in [0, 0.05) is 5.69 Å². The van der Waals surface area contributed by atoms with Crippen molar-refractivity contribution >= 4 is 33.1 Å². The normalized spacial score (nSPS) is 11.2. The number of benzene rings is 2. The van der Waals surface area contributed by atoms with E-state index in [1.165, 1.54) is 40.2 Å². The van der Waals surface area contributed by atoms with Crippen molar-refractivity contribution in [2.24, 2.45) is 0 Å². The van der Waals surface area contributed by atoms with E-state index >= 15 is 0 Å². The van der Waals surface area contributed by atoms with Crippen LogP contribution in [0.5, 0.6) is 0 Å². The first-order valence-corrected chi connectivity index (χ1v) is 11.1. The Bertz CT molecular complexity index is 1400. The molecule has 0 radical (unpaired) electrons. The Morgan fingerprint density at radius 2 is 1.81 bits per heavy atom. The van der Waals surface area contributed by atoms with Gasteiger partial charge in [0.2, 0.25) is 5.91 Å². The fourth-order valence-electron chi connectivity index (χ4n) is 3.52. The van der Waals surface area contributed by atoms with Gasteiger partial charge in [-0.25, -0.2) is 9.18 Å². The number of amides is 1. The molecule has 0 saturated heterocycles. The van der Waals surface area contributed by atoms with Crippen LogP contribution in [0.4, 0.5) is 10.1 Å². The van der Waals surface area contributed by atoms with E-state index < -0.39 is 17.1 Å². The minimum atomic E-state index is -0.587. The predicted molar refractivity (Wildman–Crippen MR) is 125 cm³/mol. The molecule has 8 heteroatoms. The lowest BCUT2D eigenvalue weighted by Gasteiger charge is -2.13. The molecule has 0 bridgehead atoms. The van der Waals surface area contributed by atoms with Gasteiger partial charge in [0.25, 0.3) is 5.56 Å². The molecule has 0 spiro atoms. The van der Waals surface area contributed by atoms with Gasteiger partial charge in [0.05, 0.1) is 12.1 Å². The molecular formula is C24H22FN3O3S. The van der Waals surface area contributed by atoms with Crippen molar-refractivity contribution in [2.75, 3.05) is 5.32 Å². The number of nitrogens with one attached hydrogen (secondary N) is 1. The van der Waals surface area contributed by atoms with Crippen molar-refractivity contribution in [3.05, 3.63) is 97.8 Å². The Morgan fingerprint density at radius 1 is 1.06 bits per heavy atom. The molecule has 164 valence electrons. The van der Waals surface area contributed by atoms with Gasteiger partial charge in [-0.15, -0.1) is 11.3 Å². The fraction of sp³-hybridized carbons (Fsp3) is 0.208. The summed E-state index contributed by atoms with van der Waals surface area (Å²) < 4.78 is 16.0. The van der Waals surface area contributed by atoms with Crippen LogP contribution in [0.2, 0.25) is 0 Å². The van der Waals surface area contributed by atoms with Crippen LogP contribution < -0.4 is 16.6 Å². The van der Waals surface area contributed by atoms with E-state index in [-0.39, 0.29) is 19.0 Å². The van der Waals surface area contributed by atoms with Gasteiger partial charge in [0.1, 0.15) is 17.1 Å². The Labute approximate surface area is 187 Å². The number of fused-ring (bicyclic) bond motifs is 1. The zero-order valence-corrected chi connectivity index (χ0v) is 18.5. The maximum absolute atomic E-state index is 13.2. The summed E-state index contributed by atoms with van der Waals surface area (Å²) >= 11 is 1.22. The van der Waals surface area contributed by atoms with Crippen molar-refractivity contribution in [2.45, 2.75) is 32.9 Å². The minimum Gasteiger partial charge on any atom is -0.325 e. The summed E-state index contributed by atoms with van der Waals surface area (Å²) in [7, 11) is 0. The van der Waals surface area contributed by atoms with E-state index in [0.717, 1.165) is 10.1 Å². The molecule has 0 aliphatic carbocycles. The molecule has 0 unspecified atom stereocenters. The van der Waals surface area contributed by atoms with Crippen molar-refractivity contribution in [1.82, 2.24) is 9.13 Å². The lowest BCUT2D eigenvalue weighted by molar-refractivity contribution is -0.116. The van der Waals surface area contributed by atoms with Crippen LogP contribution in [0.1, 0.15) is 30.9 Å². The molecule has 6 nitrogen and oxygen atoms in total. The number of anilines is 1. The summed E-state index contributed by atoms with van der Waals surface area (Å²) in [5.74, 6) is -0.451. The number of hydrogen-bond acceptors (Lipinski definition) is 4. The first-order valence-electron chi connectivity index (χ1n) is 10.2. The molecular weight excluding hydrogens is 429 g/mol. The number of halogens is 1. The quantitative estimate of drug-likeness (QED) is 0.478. The molecule has 2 aromatic carbocycles. The number of rotatable bonds is 6. The summed E-state index contributed by atoms with van der Waals surface area (Å²) in [5, 5.41) is 4.55. The monoisotopic (exact) mass is 451 g/mol.